The zero-order chi connectivity index (χ0) is 13.0. The second-order valence-electron chi connectivity index (χ2n) is 2.91. The molecule has 0 unspecified atom stereocenters. The van der Waals surface area contributed by atoms with Crippen molar-refractivity contribution in [3.8, 4) is 11.8 Å². The van der Waals surface area contributed by atoms with Crippen molar-refractivity contribution in [1.82, 2.24) is 0 Å². The Hall–Kier alpha value is -1.19. The van der Waals surface area contributed by atoms with Gasteiger partial charge in [0.05, 0.1) is 0 Å². The van der Waals surface area contributed by atoms with Gasteiger partial charge in [-0.1, -0.05) is 0 Å². The van der Waals surface area contributed by atoms with Crippen molar-refractivity contribution in [3.63, 3.8) is 0 Å². The first-order valence-electron chi connectivity index (χ1n) is 4.16. The smallest absolute Gasteiger partial charge is 0.299 e. The van der Waals surface area contributed by atoms with E-state index < -0.39 is 30.5 Å². The van der Waals surface area contributed by atoms with Crippen LogP contribution in [-0.2, 0) is 4.79 Å². The third-order valence-corrected chi connectivity index (χ3v) is 1.65. The van der Waals surface area contributed by atoms with Crippen LogP contribution in [0.4, 0.5) is 26.3 Å². The first-order valence-corrected chi connectivity index (χ1v) is 4.16. The fourth-order valence-corrected chi connectivity index (χ4v) is 1.01. The molecule has 0 radical (unpaired) electrons. The third kappa shape index (κ3) is 4.55. The monoisotopic (exact) mass is 246 g/mol. The number of carbonyl (C=O) groups is 1. The number of Topliss-reactive ketones (excluding diaryl/α,β-unsaturated/α-hetero) is 1. The fourth-order valence-electron chi connectivity index (χ4n) is 1.01. The summed E-state index contributed by atoms with van der Waals surface area (Å²) in [7, 11) is 0. The van der Waals surface area contributed by atoms with Crippen LogP contribution in [0.15, 0.2) is 0 Å². The van der Waals surface area contributed by atoms with Crippen LogP contribution in [0.3, 0.4) is 0 Å². The van der Waals surface area contributed by atoms with Crippen LogP contribution in [0.5, 0.6) is 0 Å². The van der Waals surface area contributed by atoms with Crippen molar-refractivity contribution in [1.29, 1.82) is 0 Å². The number of carbonyl (C=O) groups excluding carboxylic acids is 1. The summed E-state index contributed by atoms with van der Waals surface area (Å²) >= 11 is 0. The van der Waals surface area contributed by atoms with Crippen molar-refractivity contribution < 1.29 is 31.1 Å². The Bertz CT molecular complexity index is 289. The molecule has 0 aliphatic heterocycles. The lowest BCUT2D eigenvalue weighted by atomic mass is 9.99. The van der Waals surface area contributed by atoms with Gasteiger partial charge >= 0.3 is 12.4 Å². The molecule has 0 rings (SSSR count). The van der Waals surface area contributed by atoms with Crippen LogP contribution >= 0.6 is 0 Å². The Balaban J connectivity index is 4.78. The molecule has 0 heterocycles. The number of hydrogen-bond donors (Lipinski definition) is 0. The maximum atomic E-state index is 12.0. The van der Waals surface area contributed by atoms with Gasteiger partial charge in [0.25, 0.3) is 0 Å². The molecule has 0 aromatic heterocycles. The van der Waals surface area contributed by atoms with E-state index in [0.29, 0.717) is 0 Å². The van der Waals surface area contributed by atoms with Gasteiger partial charge in [-0.3, -0.25) is 4.79 Å². The summed E-state index contributed by atoms with van der Waals surface area (Å²) in [5.41, 5.74) is 0. The van der Waals surface area contributed by atoms with Crippen LogP contribution in [0, 0.1) is 17.8 Å². The molecule has 92 valence electrons. The summed E-state index contributed by atoms with van der Waals surface area (Å²) in [5, 5.41) is 0. The molecule has 0 saturated heterocycles. The van der Waals surface area contributed by atoms with Crippen LogP contribution in [0.25, 0.3) is 0 Å². The highest BCUT2D eigenvalue weighted by molar-refractivity contribution is 5.82. The Morgan fingerprint density at radius 3 is 1.88 bits per heavy atom. The van der Waals surface area contributed by atoms with Gasteiger partial charge in [0.2, 0.25) is 5.92 Å². The van der Waals surface area contributed by atoms with Crippen molar-refractivity contribution in [2.75, 3.05) is 0 Å². The minimum Gasteiger partial charge on any atom is -0.299 e. The van der Waals surface area contributed by atoms with E-state index in [-0.39, 0.29) is 6.42 Å². The van der Waals surface area contributed by atoms with E-state index >= 15 is 0 Å². The molecule has 0 aromatic rings. The largest absolute Gasteiger partial charge is 0.407 e. The molecular formula is C9H8F6O. The number of hydrogen-bond acceptors (Lipinski definition) is 1. The summed E-state index contributed by atoms with van der Waals surface area (Å²) < 4.78 is 72.0. The summed E-state index contributed by atoms with van der Waals surface area (Å²) in [4.78, 5) is 10.8. The number of ketones is 1. The van der Waals surface area contributed by atoms with Gasteiger partial charge < -0.3 is 0 Å². The molecule has 0 spiro atoms. The van der Waals surface area contributed by atoms with Gasteiger partial charge in [-0.25, -0.2) is 0 Å². The molecule has 0 bridgehead atoms. The quantitative estimate of drug-likeness (QED) is 0.552. The van der Waals surface area contributed by atoms with Gasteiger partial charge in [0.1, 0.15) is 0 Å². The highest BCUT2D eigenvalue weighted by Gasteiger charge is 2.60. The second-order valence-corrected chi connectivity index (χ2v) is 2.91. The molecule has 0 aromatic carbocycles. The van der Waals surface area contributed by atoms with E-state index in [1.165, 1.54) is 6.92 Å². The van der Waals surface area contributed by atoms with Gasteiger partial charge in [0, 0.05) is 12.8 Å². The Kier molecular flexibility index (Phi) is 4.84. The zero-order valence-corrected chi connectivity index (χ0v) is 8.17. The van der Waals surface area contributed by atoms with E-state index in [4.69, 9.17) is 0 Å². The number of alkyl halides is 6. The standard InChI is InChI=1S/C9H8F6O/c1-2-3-4-5-6(16)7(8(10,11)12)9(13,14)15/h7H,4-5H2,1H3. The van der Waals surface area contributed by atoms with Crippen molar-refractivity contribution in [2.45, 2.75) is 32.1 Å². The van der Waals surface area contributed by atoms with Crippen molar-refractivity contribution >= 4 is 5.78 Å². The summed E-state index contributed by atoms with van der Waals surface area (Å²) in [5.74, 6) is -1.30. The Labute approximate surface area is 87.8 Å². The molecule has 1 nitrogen and oxygen atoms in total. The highest BCUT2D eigenvalue weighted by atomic mass is 19.4. The van der Waals surface area contributed by atoms with Crippen molar-refractivity contribution in [2.24, 2.45) is 5.92 Å². The third-order valence-electron chi connectivity index (χ3n) is 1.65. The SMILES string of the molecule is CC#CCCC(=O)C(C(F)(F)F)C(F)(F)F. The molecule has 0 fully saturated rings. The average Bonchev–Trinajstić information content (AvgIpc) is 1.98. The van der Waals surface area contributed by atoms with E-state index in [2.05, 4.69) is 11.8 Å². The van der Waals surface area contributed by atoms with Crippen LogP contribution in [0.1, 0.15) is 19.8 Å². The summed E-state index contributed by atoms with van der Waals surface area (Å²) in [6, 6.07) is 0. The minimum atomic E-state index is -5.60. The van der Waals surface area contributed by atoms with Gasteiger partial charge in [-0.2, -0.15) is 26.3 Å². The molecule has 0 aliphatic rings. The molecule has 0 amide bonds. The van der Waals surface area contributed by atoms with Gasteiger partial charge in [-0.05, 0) is 6.92 Å². The van der Waals surface area contributed by atoms with E-state index in [1.54, 1.807) is 0 Å². The van der Waals surface area contributed by atoms with Crippen LogP contribution in [-0.4, -0.2) is 18.1 Å². The maximum absolute atomic E-state index is 12.0. The van der Waals surface area contributed by atoms with E-state index in [1.807, 2.05) is 0 Å². The Morgan fingerprint density at radius 2 is 1.56 bits per heavy atom. The second kappa shape index (κ2) is 5.23. The molecule has 0 saturated carbocycles. The highest BCUT2D eigenvalue weighted by Crippen LogP contribution is 2.40. The summed E-state index contributed by atoms with van der Waals surface area (Å²) in [6.45, 7) is 1.37. The van der Waals surface area contributed by atoms with Crippen LogP contribution < -0.4 is 0 Å². The average molecular weight is 246 g/mol. The first-order chi connectivity index (χ1) is 7.10. The molecule has 7 heteroatoms. The lowest BCUT2D eigenvalue weighted by Gasteiger charge is -2.21. The first kappa shape index (κ1) is 14.8. The summed E-state index contributed by atoms with van der Waals surface area (Å²) in [6.07, 6.45) is -12.4. The lowest BCUT2D eigenvalue weighted by molar-refractivity contribution is -0.273. The van der Waals surface area contributed by atoms with Crippen LogP contribution in [0.2, 0.25) is 0 Å². The fraction of sp³-hybridized carbons (Fsp3) is 0.667. The molecule has 16 heavy (non-hydrogen) atoms. The van der Waals surface area contributed by atoms with Crippen molar-refractivity contribution in [3.05, 3.63) is 0 Å². The zero-order valence-electron chi connectivity index (χ0n) is 8.17. The van der Waals surface area contributed by atoms with Gasteiger partial charge in [-0.15, -0.1) is 11.8 Å². The molecule has 0 aliphatic carbocycles. The Morgan fingerprint density at radius 1 is 1.12 bits per heavy atom. The van der Waals surface area contributed by atoms with Gasteiger partial charge in [0.15, 0.2) is 5.78 Å². The topological polar surface area (TPSA) is 17.1 Å². The van der Waals surface area contributed by atoms with E-state index in [9.17, 15) is 31.1 Å². The molecule has 0 N–H and O–H groups in total. The minimum absolute atomic E-state index is 0.308. The lowest BCUT2D eigenvalue weighted by Crippen LogP contribution is -2.42. The number of rotatable bonds is 3. The predicted molar refractivity (Wildman–Crippen MR) is 43.3 cm³/mol. The maximum Gasteiger partial charge on any atom is 0.407 e. The van der Waals surface area contributed by atoms with E-state index in [0.717, 1.165) is 0 Å². The number of halogens is 6. The molecule has 0 atom stereocenters. The normalized spacial score (nSPS) is 12.2. The predicted octanol–water partition coefficient (Wildman–Crippen LogP) is 3.10. The molecular weight excluding hydrogens is 238 g/mol.